The Bertz CT molecular complexity index is 728. The van der Waals surface area contributed by atoms with Gasteiger partial charge in [0.1, 0.15) is 0 Å². The largest absolute Gasteiger partial charge is 0.335 e. The van der Waals surface area contributed by atoms with Gasteiger partial charge in [0.05, 0.1) is 0 Å². The van der Waals surface area contributed by atoms with Gasteiger partial charge in [0.2, 0.25) is 0 Å². The van der Waals surface area contributed by atoms with E-state index in [1.165, 1.54) is 16.3 Å². The zero-order valence-corrected chi connectivity index (χ0v) is 15.5. The predicted octanol–water partition coefficient (Wildman–Crippen LogP) is 3.36. The highest BCUT2D eigenvalue weighted by molar-refractivity contribution is 5.83. The van der Waals surface area contributed by atoms with E-state index in [0.717, 1.165) is 32.5 Å². The molecular weight excluding hydrogens is 310 g/mol. The van der Waals surface area contributed by atoms with Gasteiger partial charge in [-0.25, -0.2) is 4.79 Å². The van der Waals surface area contributed by atoms with Gasteiger partial charge in [-0.2, -0.15) is 0 Å². The number of rotatable bonds is 5. The second kappa shape index (κ2) is 7.87. The Hall–Kier alpha value is -2.07. The van der Waals surface area contributed by atoms with Crippen LogP contribution in [0.5, 0.6) is 0 Å². The maximum Gasteiger partial charge on any atom is 0.317 e. The molecule has 0 radical (unpaired) electrons. The summed E-state index contributed by atoms with van der Waals surface area (Å²) in [5.74, 6) is 0.594. The Morgan fingerprint density at radius 3 is 2.76 bits per heavy atom. The van der Waals surface area contributed by atoms with E-state index in [1.54, 1.807) is 0 Å². The molecule has 0 aromatic heterocycles. The Morgan fingerprint density at radius 2 is 2.00 bits per heavy atom. The number of benzene rings is 2. The summed E-state index contributed by atoms with van der Waals surface area (Å²) in [6, 6.07) is 15.1. The van der Waals surface area contributed by atoms with Crippen LogP contribution in [0.4, 0.5) is 4.79 Å². The number of carbonyl (C=O) groups excluding carboxylic acids is 1. The van der Waals surface area contributed by atoms with Crippen molar-refractivity contribution in [3.63, 3.8) is 0 Å². The van der Waals surface area contributed by atoms with Gasteiger partial charge >= 0.3 is 6.03 Å². The molecule has 1 aliphatic heterocycles. The van der Waals surface area contributed by atoms with Crippen molar-refractivity contribution in [3.05, 3.63) is 48.0 Å². The molecule has 2 aromatic carbocycles. The van der Waals surface area contributed by atoms with Crippen molar-refractivity contribution in [3.8, 4) is 0 Å². The van der Waals surface area contributed by atoms with E-state index >= 15 is 0 Å². The van der Waals surface area contributed by atoms with Crippen LogP contribution < -0.4 is 5.32 Å². The standard InChI is InChI=1S/C21H29N3O/c1-16(12-17-8-9-19-6-4-5-7-20(19)13-17)22-21(25)24-11-10-18(15-24)14-23(2)3/h4-9,13,16,18H,10-12,14-15H2,1-3H3,(H,22,25)/t16-,18+/m0/s1. The van der Waals surface area contributed by atoms with Gasteiger partial charge in [0.15, 0.2) is 0 Å². The van der Waals surface area contributed by atoms with E-state index in [2.05, 4.69) is 73.7 Å². The van der Waals surface area contributed by atoms with Crippen LogP contribution >= 0.6 is 0 Å². The minimum absolute atomic E-state index is 0.0783. The molecule has 2 aromatic rings. The first-order valence-corrected chi connectivity index (χ1v) is 9.19. The van der Waals surface area contributed by atoms with Gasteiger partial charge in [-0.1, -0.05) is 42.5 Å². The molecule has 2 amide bonds. The van der Waals surface area contributed by atoms with Crippen LogP contribution in [0, 0.1) is 5.92 Å². The summed E-state index contributed by atoms with van der Waals surface area (Å²) in [5, 5.41) is 5.68. The molecule has 1 saturated heterocycles. The molecule has 134 valence electrons. The van der Waals surface area contributed by atoms with Gasteiger partial charge in [-0.15, -0.1) is 0 Å². The monoisotopic (exact) mass is 339 g/mol. The van der Waals surface area contributed by atoms with Crippen LogP contribution in [0.1, 0.15) is 18.9 Å². The fourth-order valence-electron chi connectivity index (χ4n) is 3.75. The van der Waals surface area contributed by atoms with Gasteiger partial charge < -0.3 is 15.1 Å². The molecule has 0 unspecified atom stereocenters. The fraction of sp³-hybridized carbons (Fsp3) is 0.476. The van der Waals surface area contributed by atoms with Crippen LogP contribution in [0.25, 0.3) is 10.8 Å². The van der Waals surface area contributed by atoms with Crippen LogP contribution in [0.15, 0.2) is 42.5 Å². The number of fused-ring (bicyclic) bond motifs is 1. The minimum Gasteiger partial charge on any atom is -0.335 e. The molecule has 3 rings (SSSR count). The van der Waals surface area contributed by atoms with Crippen molar-refractivity contribution in [2.45, 2.75) is 25.8 Å². The molecule has 0 aliphatic carbocycles. The summed E-state index contributed by atoms with van der Waals surface area (Å²) >= 11 is 0. The topological polar surface area (TPSA) is 35.6 Å². The zero-order valence-electron chi connectivity index (χ0n) is 15.5. The summed E-state index contributed by atoms with van der Waals surface area (Å²) in [5.41, 5.74) is 1.26. The van der Waals surface area contributed by atoms with E-state index in [4.69, 9.17) is 0 Å². The summed E-state index contributed by atoms with van der Waals surface area (Å²) in [6.45, 7) is 4.87. The normalized spacial score (nSPS) is 18.7. The fourth-order valence-corrected chi connectivity index (χ4v) is 3.75. The van der Waals surface area contributed by atoms with Crippen molar-refractivity contribution in [2.24, 2.45) is 5.92 Å². The zero-order chi connectivity index (χ0) is 17.8. The number of hydrogen-bond acceptors (Lipinski definition) is 2. The van der Waals surface area contributed by atoms with Crippen LogP contribution in [-0.4, -0.2) is 55.6 Å². The third kappa shape index (κ3) is 4.73. The molecule has 1 N–H and O–H groups in total. The summed E-state index contributed by atoms with van der Waals surface area (Å²) in [7, 11) is 4.18. The third-order valence-electron chi connectivity index (χ3n) is 4.92. The second-order valence-corrected chi connectivity index (χ2v) is 7.60. The number of amides is 2. The first-order valence-electron chi connectivity index (χ1n) is 9.19. The highest BCUT2D eigenvalue weighted by Gasteiger charge is 2.27. The molecule has 0 bridgehead atoms. The van der Waals surface area contributed by atoms with Gasteiger partial charge in [-0.05, 0) is 56.1 Å². The van der Waals surface area contributed by atoms with E-state index in [0.29, 0.717) is 5.92 Å². The van der Waals surface area contributed by atoms with Crippen LogP contribution in [0.2, 0.25) is 0 Å². The number of likely N-dealkylation sites (tertiary alicyclic amines) is 1. The number of nitrogens with zero attached hydrogens (tertiary/aromatic N) is 2. The van der Waals surface area contributed by atoms with Crippen molar-refractivity contribution in [2.75, 3.05) is 33.7 Å². The lowest BCUT2D eigenvalue weighted by Gasteiger charge is -2.22. The molecule has 25 heavy (non-hydrogen) atoms. The number of urea groups is 1. The van der Waals surface area contributed by atoms with Crippen LogP contribution in [-0.2, 0) is 6.42 Å². The number of carbonyl (C=O) groups is 1. The van der Waals surface area contributed by atoms with E-state index in [1.807, 2.05) is 4.90 Å². The van der Waals surface area contributed by atoms with Crippen molar-refractivity contribution < 1.29 is 4.79 Å². The number of nitrogens with one attached hydrogen (secondary N) is 1. The van der Waals surface area contributed by atoms with Crippen molar-refractivity contribution in [1.82, 2.24) is 15.1 Å². The Kier molecular flexibility index (Phi) is 5.59. The third-order valence-corrected chi connectivity index (χ3v) is 4.92. The van der Waals surface area contributed by atoms with Gasteiger partial charge in [-0.3, -0.25) is 0 Å². The Morgan fingerprint density at radius 1 is 1.24 bits per heavy atom. The van der Waals surface area contributed by atoms with Gasteiger partial charge in [0.25, 0.3) is 0 Å². The van der Waals surface area contributed by atoms with Crippen LogP contribution in [0.3, 0.4) is 0 Å². The lowest BCUT2D eigenvalue weighted by molar-refractivity contribution is 0.202. The Labute approximate surface area is 150 Å². The summed E-state index contributed by atoms with van der Waals surface area (Å²) in [6.07, 6.45) is 1.95. The molecule has 1 fully saturated rings. The highest BCUT2D eigenvalue weighted by Crippen LogP contribution is 2.18. The molecule has 0 spiro atoms. The quantitative estimate of drug-likeness (QED) is 0.906. The second-order valence-electron chi connectivity index (χ2n) is 7.60. The maximum atomic E-state index is 12.5. The molecule has 1 heterocycles. The molecule has 2 atom stereocenters. The maximum absolute atomic E-state index is 12.5. The molecule has 0 saturated carbocycles. The predicted molar refractivity (Wildman–Crippen MR) is 104 cm³/mol. The summed E-state index contributed by atoms with van der Waals surface area (Å²) in [4.78, 5) is 16.7. The minimum atomic E-state index is 0.0783. The summed E-state index contributed by atoms with van der Waals surface area (Å²) < 4.78 is 0. The smallest absolute Gasteiger partial charge is 0.317 e. The first-order chi connectivity index (χ1) is 12.0. The van der Waals surface area contributed by atoms with E-state index in [9.17, 15) is 4.79 Å². The average Bonchev–Trinajstić information content (AvgIpc) is 3.02. The Balaban J connectivity index is 1.53. The molecule has 4 nitrogen and oxygen atoms in total. The highest BCUT2D eigenvalue weighted by atomic mass is 16.2. The van der Waals surface area contributed by atoms with Crippen molar-refractivity contribution in [1.29, 1.82) is 0 Å². The molecule has 4 heteroatoms. The first kappa shape index (κ1) is 17.7. The molecule has 1 aliphatic rings. The van der Waals surface area contributed by atoms with Gasteiger partial charge in [0, 0.05) is 25.7 Å². The molecular formula is C21H29N3O. The van der Waals surface area contributed by atoms with E-state index < -0.39 is 0 Å². The lowest BCUT2D eigenvalue weighted by Crippen LogP contribution is -2.43. The average molecular weight is 339 g/mol. The van der Waals surface area contributed by atoms with Crippen molar-refractivity contribution >= 4 is 16.8 Å². The lowest BCUT2D eigenvalue weighted by atomic mass is 10.0. The van der Waals surface area contributed by atoms with E-state index in [-0.39, 0.29) is 12.1 Å². The number of hydrogen-bond donors (Lipinski definition) is 1. The SMILES string of the molecule is C[C@@H](Cc1ccc2ccccc2c1)NC(=O)N1CC[C@H](CN(C)C)C1.